The molecule has 0 saturated carbocycles. The molecule has 4 aromatic heterocycles. The molecule has 1 aromatic carbocycles. The van der Waals surface area contributed by atoms with Crippen LogP contribution < -0.4 is 4.57 Å². The molecular weight excluding hydrogens is 322 g/mol. The first-order valence-electron chi connectivity index (χ1n) is 8.72. The Balaban J connectivity index is 1.83. The molecule has 5 heterocycles. The molecule has 124 valence electrons. The van der Waals surface area contributed by atoms with Gasteiger partial charge in [0.2, 0.25) is 11.5 Å². The molecule has 0 unspecified atom stereocenters. The largest absolute Gasteiger partial charge is 0.275 e. The van der Waals surface area contributed by atoms with Crippen LogP contribution in [0.15, 0.2) is 67.0 Å². The predicted molar refractivity (Wildman–Crippen MR) is 100 cm³/mol. The van der Waals surface area contributed by atoms with E-state index in [0.717, 1.165) is 29.2 Å². The van der Waals surface area contributed by atoms with E-state index in [-0.39, 0.29) is 0 Å². The fraction of sp³-hybridized carbons (Fsp3) is 0.0952. The van der Waals surface area contributed by atoms with Gasteiger partial charge in [0.25, 0.3) is 5.65 Å². The third kappa shape index (κ3) is 1.57. The summed E-state index contributed by atoms with van der Waals surface area (Å²) in [7, 11) is 2.13. The number of nitrogens with zero attached hydrogens (tertiary/aromatic N) is 5. The van der Waals surface area contributed by atoms with Gasteiger partial charge in [0.15, 0.2) is 5.52 Å². The fourth-order valence-electron chi connectivity index (χ4n) is 4.27. The maximum absolute atomic E-state index is 4.70. The first kappa shape index (κ1) is 13.8. The molecule has 0 spiro atoms. The maximum Gasteiger partial charge on any atom is 0.275 e. The monoisotopic (exact) mass is 338 g/mol. The minimum Gasteiger partial charge on any atom is -0.257 e. The third-order valence-electron chi connectivity index (χ3n) is 5.29. The number of hydrogen-bond donors (Lipinski definition) is 0. The van der Waals surface area contributed by atoms with Crippen molar-refractivity contribution in [1.82, 2.24) is 19.1 Å². The topological polar surface area (TPSA) is 39.5 Å². The first-order chi connectivity index (χ1) is 12.8. The van der Waals surface area contributed by atoms with Crippen LogP contribution in [0.3, 0.4) is 0 Å². The Kier molecular flexibility index (Phi) is 2.54. The third-order valence-corrected chi connectivity index (χ3v) is 5.29. The highest BCUT2D eigenvalue weighted by Gasteiger charge is 2.36. The standard InChI is InChI=1S/C21H16N5/c1-24-20-15-9-5-11-22-17(15)13-25(20)18-16-10-6-12-23-19(16)26(21(18)24)14-7-3-2-4-8-14/h2-12H,13H2,1H3/q+1. The number of rotatable bonds is 1. The molecule has 5 heteroatoms. The normalized spacial score (nSPS) is 12.7. The lowest BCUT2D eigenvalue weighted by Crippen LogP contribution is -2.31. The van der Waals surface area contributed by atoms with Crippen LogP contribution in [0.1, 0.15) is 5.69 Å². The Bertz CT molecular complexity index is 1310. The first-order valence-corrected chi connectivity index (χ1v) is 8.72. The van der Waals surface area contributed by atoms with Gasteiger partial charge in [-0.1, -0.05) is 18.2 Å². The summed E-state index contributed by atoms with van der Waals surface area (Å²) in [5, 5.41) is 1.17. The zero-order valence-corrected chi connectivity index (χ0v) is 14.3. The highest BCUT2D eigenvalue weighted by molar-refractivity contribution is 6.04. The Hall–Kier alpha value is -3.47. The average Bonchev–Trinajstić information content (AvgIpc) is 3.31. The lowest BCUT2D eigenvalue weighted by molar-refractivity contribution is -0.636. The molecule has 0 amide bonds. The highest BCUT2D eigenvalue weighted by Crippen LogP contribution is 2.37. The highest BCUT2D eigenvalue weighted by atomic mass is 15.3. The Morgan fingerprint density at radius 3 is 2.62 bits per heavy atom. The minimum atomic E-state index is 0.797. The smallest absolute Gasteiger partial charge is 0.257 e. The molecule has 0 atom stereocenters. The van der Waals surface area contributed by atoms with Crippen molar-refractivity contribution in [1.29, 1.82) is 0 Å². The molecule has 5 nitrogen and oxygen atoms in total. The molecule has 6 rings (SSSR count). The Labute approximate surface area is 149 Å². The van der Waals surface area contributed by atoms with Gasteiger partial charge in [-0.2, -0.15) is 0 Å². The number of fused-ring (bicyclic) bond motifs is 7. The predicted octanol–water partition coefficient (Wildman–Crippen LogP) is 3.23. The van der Waals surface area contributed by atoms with Gasteiger partial charge in [0, 0.05) is 12.4 Å². The molecule has 0 aliphatic carbocycles. The van der Waals surface area contributed by atoms with Crippen molar-refractivity contribution in [3.05, 3.63) is 72.7 Å². The van der Waals surface area contributed by atoms with Gasteiger partial charge < -0.3 is 0 Å². The number of hydrogen-bond acceptors (Lipinski definition) is 2. The summed E-state index contributed by atoms with van der Waals surface area (Å²) in [6.07, 6.45) is 3.74. The van der Waals surface area contributed by atoms with E-state index in [1.165, 1.54) is 22.3 Å². The van der Waals surface area contributed by atoms with Gasteiger partial charge in [-0.25, -0.2) is 18.7 Å². The Morgan fingerprint density at radius 2 is 1.73 bits per heavy atom. The molecular formula is C21H16N5+. The van der Waals surface area contributed by atoms with Crippen LogP contribution in [0, 0.1) is 0 Å². The molecule has 0 radical (unpaired) electrons. The Morgan fingerprint density at radius 1 is 0.923 bits per heavy atom. The van der Waals surface area contributed by atoms with Crippen LogP contribution in [-0.4, -0.2) is 19.1 Å². The molecule has 5 aromatic rings. The summed E-state index contributed by atoms with van der Waals surface area (Å²) < 4.78 is 6.90. The van der Waals surface area contributed by atoms with Crippen molar-refractivity contribution in [3.63, 3.8) is 0 Å². The molecule has 0 fully saturated rings. The van der Waals surface area contributed by atoms with E-state index in [0.29, 0.717) is 0 Å². The SMILES string of the molecule is C[n+]1c2n(c3c4cccnc4n(-c4ccccc4)c31)Cc1ncccc1-2. The number of aromatic nitrogens is 5. The summed E-state index contributed by atoms with van der Waals surface area (Å²) in [6, 6.07) is 18.8. The summed E-state index contributed by atoms with van der Waals surface area (Å²) in [5.74, 6) is 1.20. The molecule has 1 aliphatic rings. The van der Waals surface area contributed by atoms with Crippen molar-refractivity contribution in [2.75, 3.05) is 0 Å². The van der Waals surface area contributed by atoms with E-state index in [2.05, 4.69) is 62.1 Å². The van der Waals surface area contributed by atoms with Crippen molar-refractivity contribution >= 4 is 22.2 Å². The van der Waals surface area contributed by atoms with Crippen LogP contribution in [-0.2, 0) is 13.6 Å². The summed E-state index contributed by atoms with van der Waals surface area (Å²) in [5.41, 5.74) is 6.82. The van der Waals surface area contributed by atoms with E-state index in [1.54, 1.807) is 0 Å². The van der Waals surface area contributed by atoms with Crippen molar-refractivity contribution in [3.8, 4) is 17.1 Å². The van der Waals surface area contributed by atoms with E-state index in [9.17, 15) is 0 Å². The molecule has 0 N–H and O–H groups in total. The van der Waals surface area contributed by atoms with Crippen LogP contribution >= 0.6 is 0 Å². The zero-order valence-electron chi connectivity index (χ0n) is 14.3. The van der Waals surface area contributed by atoms with Crippen LogP contribution in [0.25, 0.3) is 39.3 Å². The van der Waals surface area contributed by atoms with E-state index in [1.807, 2.05) is 30.6 Å². The number of imidazole rings is 1. The second-order valence-electron chi connectivity index (χ2n) is 6.68. The number of aryl methyl sites for hydroxylation is 1. The lowest BCUT2D eigenvalue weighted by Gasteiger charge is -2.02. The van der Waals surface area contributed by atoms with Crippen LogP contribution in [0.2, 0.25) is 0 Å². The molecule has 26 heavy (non-hydrogen) atoms. The van der Waals surface area contributed by atoms with Gasteiger partial charge in [-0.05, 0) is 36.4 Å². The van der Waals surface area contributed by atoms with Crippen molar-refractivity contribution in [2.24, 2.45) is 7.05 Å². The van der Waals surface area contributed by atoms with Crippen molar-refractivity contribution < 1.29 is 4.57 Å². The zero-order chi connectivity index (χ0) is 17.3. The second kappa shape index (κ2) is 4.79. The van der Waals surface area contributed by atoms with E-state index in [4.69, 9.17) is 4.98 Å². The van der Waals surface area contributed by atoms with Crippen molar-refractivity contribution in [2.45, 2.75) is 6.54 Å². The average molecular weight is 338 g/mol. The number of benzene rings is 1. The molecule has 0 bridgehead atoms. The summed E-state index contributed by atoms with van der Waals surface area (Å²) >= 11 is 0. The van der Waals surface area contributed by atoms with Gasteiger partial charge in [-0.3, -0.25) is 4.98 Å². The molecule has 0 saturated heterocycles. The van der Waals surface area contributed by atoms with Gasteiger partial charge >= 0.3 is 0 Å². The maximum atomic E-state index is 4.70. The summed E-state index contributed by atoms with van der Waals surface area (Å²) in [4.78, 5) is 9.29. The minimum absolute atomic E-state index is 0.797. The van der Waals surface area contributed by atoms with Gasteiger partial charge in [-0.15, -0.1) is 0 Å². The second-order valence-corrected chi connectivity index (χ2v) is 6.68. The summed E-state index contributed by atoms with van der Waals surface area (Å²) in [6.45, 7) is 0.797. The molecule has 1 aliphatic heterocycles. The van der Waals surface area contributed by atoms with Crippen LogP contribution in [0.4, 0.5) is 0 Å². The lowest BCUT2D eigenvalue weighted by atomic mass is 10.2. The number of pyridine rings is 2. The van der Waals surface area contributed by atoms with E-state index < -0.39 is 0 Å². The number of para-hydroxylation sites is 1. The quantitative estimate of drug-likeness (QED) is 0.432. The van der Waals surface area contributed by atoms with E-state index >= 15 is 0 Å². The fourth-order valence-corrected chi connectivity index (χ4v) is 4.27. The van der Waals surface area contributed by atoms with Gasteiger partial charge in [0.1, 0.15) is 12.2 Å². The van der Waals surface area contributed by atoms with Gasteiger partial charge in [0.05, 0.1) is 23.7 Å². The van der Waals surface area contributed by atoms with Crippen LogP contribution in [0.5, 0.6) is 0 Å².